The zero-order valence-electron chi connectivity index (χ0n) is 54.4. The average molecular weight is 1460 g/mol. The number of ether oxygens (including phenoxy) is 2. The number of nitrogens with zero attached hydrogens (tertiary/aromatic N) is 7. The third-order valence-electron chi connectivity index (χ3n) is 15.3. The molecule has 2 fully saturated rings. The smallest absolute Gasteiger partial charge is 0.459 e. The maximum absolute atomic E-state index is 15.8. The SMILES string of the molecule is CC(C)(C)OC(=O)CN(CC1(CC(=O)N(Cc2nn(CC(F)(F)F)c3c(-c4ccc(C#CC(C)(C)S(C)(=O)=O)nc4[C@H](Cc4cc(F)cc(F)c4)NC(=O)Cn4nc(C(F)(F)F)c5c4C(F)(F)[C@@H]4C[C@H]54)ccc(Cl)c23)S(=O)O)CC1)C(=O)OCOP(=O)(OC(C)(C)C)OC(C)(C)C. The number of nitrogens with one attached hydrogen (secondary N) is 1. The van der Waals surface area contributed by atoms with Crippen LogP contribution >= 0.6 is 19.4 Å². The van der Waals surface area contributed by atoms with Crippen molar-refractivity contribution < 1.29 is 108 Å². The van der Waals surface area contributed by atoms with E-state index >= 15 is 17.6 Å². The molecule has 3 heterocycles. The molecule has 36 heteroatoms. The van der Waals surface area contributed by atoms with Gasteiger partial charge in [0.1, 0.15) is 53.0 Å². The van der Waals surface area contributed by atoms with E-state index in [4.69, 9.17) is 34.6 Å². The summed E-state index contributed by atoms with van der Waals surface area (Å²) in [5.41, 5.74) is -10.9. The summed E-state index contributed by atoms with van der Waals surface area (Å²) in [7, 11) is -8.43. The lowest BCUT2D eigenvalue weighted by molar-refractivity contribution is -0.156. The number of fused-ring (bicyclic) bond motifs is 4. The Morgan fingerprint density at radius 3 is 2.04 bits per heavy atom. The van der Waals surface area contributed by atoms with Gasteiger partial charge >= 0.3 is 32.2 Å². The fourth-order valence-corrected chi connectivity index (χ4v) is 13.5. The van der Waals surface area contributed by atoms with Crippen LogP contribution in [-0.4, -0.2) is 129 Å². The number of benzene rings is 2. The summed E-state index contributed by atoms with van der Waals surface area (Å²) in [5.74, 6) is -7.27. The number of alkyl halides is 8. The Morgan fingerprint density at radius 2 is 1.49 bits per heavy atom. The van der Waals surface area contributed by atoms with E-state index in [0.29, 0.717) is 15.1 Å². The first-order valence-electron chi connectivity index (χ1n) is 29.8. The largest absolute Gasteiger partial charge is 0.478 e. The van der Waals surface area contributed by atoms with Crippen molar-refractivity contribution in [3.63, 3.8) is 0 Å². The number of aromatic nitrogens is 5. The van der Waals surface area contributed by atoms with E-state index in [-0.39, 0.29) is 51.4 Å². The molecule has 2 saturated carbocycles. The molecule has 3 aliphatic rings. The van der Waals surface area contributed by atoms with Gasteiger partial charge in [-0.1, -0.05) is 23.6 Å². The number of carbonyl (C=O) groups is 4. The predicted octanol–water partition coefficient (Wildman–Crippen LogP) is 12.4. The number of amides is 3. The number of carbonyl (C=O) groups excluding carboxylic acids is 4. The Labute approximate surface area is 558 Å². The summed E-state index contributed by atoms with van der Waals surface area (Å²) in [4.78, 5) is 61.5. The van der Waals surface area contributed by atoms with E-state index in [2.05, 4.69) is 32.3 Å². The highest BCUT2D eigenvalue weighted by Crippen LogP contribution is 2.68. The van der Waals surface area contributed by atoms with Gasteiger partial charge < -0.3 is 14.8 Å². The van der Waals surface area contributed by atoms with Crippen LogP contribution in [0.1, 0.15) is 153 Å². The number of phosphoric ester groups is 1. The topological polar surface area (TPSA) is 270 Å². The van der Waals surface area contributed by atoms with Crippen LogP contribution in [0.5, 0.6) is 0 Å². The molecule has 532 valence electrons. The quantitative estimate of drug-likeness (QED) is 0.0154. The van der Waals surface area contributed by atoms with Crippen molar-refractivity contribution in [2.75, 3.05) is 26.1 Å². The van der Waals surface area contributed by atoms with Crippen LogP contribution in [0.4, 0.5) is 48.7 Å². The van der Waals surface area contributed by atoms with Gasteiger partial charge in [0.15, 0.2) is 15.5 Å². The van der Waals surface area contributed by atoms with E-state index in [1.165, 1.54) is 19.9 Å². The van der Waals surface area contributed by atoms with Gasteiger partial charge in [0.05, 0.1) is 45.7 Å². The van der Waals surface area contributed by atoms with Crippen LogP contribution in [0.2, 0.25) is 5.02 Å². The van der Waals surface area contributed by atoms with E-state index < -0.39 is 219 Å². The molecule has 5 aromatic rings. The first-order valence-corrected chi connectivity index (χ1v) is 34.6. The van der Waals surface area contributed by atoms with Crippen molar-refractivity contribution in [2.45, 2.75) is 180 Å². The molecule has 22 nitrogen and oxygen atoms in total. The van der Waals surface area contributed by atoms with Gasteiger partial charge in [-0.05, 0) is 155 Å². The molecule has 4 atom stereocenters. The standard InChI is InChI=1S/C61H70ClF10N8O14PS2/c1-54(2,3)92-46(83)29-77(53(84)90-32-91-95(85,93-55(4,5)6)94-56(7,8)9)30-58(19-20-58)26-45(82)80(96(86)87)27-43-48-41(62)16-15-38(50(48)79(75-43)31-59(65,66)67)37-14-13-36(17-18-57(10,11)97(12,88)89)73-49(37)42(23-33-21-34(63)24-35(64)22-33)74-44(81)28-78-52-47(51(76-78)61(70,71)72)39-25-40(39)60(52,68)69/h13-16,21-22,24,39-40,42H,19-20,23,25-32H2,1-12H3,(H,74,81)(H,86,87)/t39-,40+,42-/m0/s1. The summed E-state index contributed by atoms with van der Waals surface area (Å²) >= 11 is 3.52. The lowest BCUT2D eigenvalue weighted by Gasteiger charge is -2.31. The molecule has 0 aliphatic heterocycles. The van der Waals surface area contributed by atoms with Crippen LogP contribution in [0.25, 0.3) is 22.0 Å². The minimum Gasteiger partial charge on any atom is -0.459 e. The highest BCUT2D eigenvalue weighted by Gasteiger charge is 2.68. The monoisotopic (exact) mass is 1460 g/mol. The summed E-state index contributed by atoms with van der Waals surface area (Å²) in [6, 6.07) is 4.86. The molecule has 2 aromatic carbocycles. The Balaban J connectivity index is 1.20. The van der Waals surface area contributed by atoms with Crippen molar-refractivity contribution in [3.8, 4) is 23.0 Å². The number of rotatable bonds is 23. The van der Waals surface area contributed by atoms with Crippen molar-refractivity contribution in [2.24, 2.45) is 11.3 Å². The molecule has 97 heavy (non-hydrogen) atoms. The van der Waals surface area contributed by atoms with Crippen LogP contribution in [-0.2, 0) is 101 Å². The second-order valence-electron chi connectivity index (χ2n) is 27.4. The third kappa shape index (κ3) is 18.8. The van der Waals surface area contributed by atoms with Crippen LogP contribution in [0.3, 0.4) is 0 Å². The highest BCUT2D eigenvalue weighted by atomic mass is 35.5. The Bertz CT molecular complexity index is 4150. The number of phosphoric acid groups is 1. The highest BCUT2D eigenvalue weighted by molar-refractivity contribution is 7.92. The Morgan fingerprint density at radius 1 is 0.887 bits per heavy atom. The lowest BCUT2D eigenvalue weighted by Crippen LogP contribution is -2.43. The van der Waals surface area contributed by atoms with Crippen molar-refractivity contribution in [1.29, 1.82) is 0 Å². The molecule has 0 radical (unpaired) electrons. The maximum Gasteiger partial charge on any atom is 0.478 e. The normalized spacial score (nSPS) is 17.5. The van der Waals surface area contributed by atoms with Gasteiger partial charge in [-0.15, -0.1) is 0 Å². The number of pyridine rings is 1. The molecule has 0 saturated heterocycles. The van der Waals surface area contributed by atoms with Crippen molar-refractivity contribution >= 4 is 75.3 Å². The molecule has 3 aliphatic carbocycles. The van der Waals surface area contributed by atoms with Crippen molar-refractivity contribution in [1.82, 2.24) is 39.1 Å². The molecular formula is C61H70ClF10N8O14PS2. The molecule has 0 bridgehead atoms. The predicted molar refractivity (Wildman–Crippen MR) is 329 cm³/mol. The Kier molecular flexibility index (Phi) is 21.2. The number of hydrogen-bond donors (Lipinski definition) is 2. The number of hydrogen-bond acceptors (Lipinski definition) is 16. The van der Waals surface area contributed by atoms with Gasteiger partial charge in [-0.2, -0.15) is 45.3 Å². The molecule has 2 N–H and O–H groups in total. The minimum absolute atomic E-state index is 0.137. The number of halogens is 11. The minimum atomic E-state index is -5.26. The molecule has 3 aromatic heterocycles. The van der Waals surface area contributed by atoms with E-state index in [1.807, 2.05) is 0 Å². The van der Waals surface area contributed by atoms with Crippen LogP contribution < -0.4 is 5.32 Å². The zero-order chi connectivity index (χ0) is 72.5. The van der Waals surface area contributed by atoms with Gasteiger partial charge in [0.25, 0.3) is 17.2 Å². The number of sulfone groups is 1. The number of esters is 1. The van der Waals surface area contributed by atoms with Crippen LogP contribution in [0, 0.1) is 34.8 Å². The van der Waals surface area contributed by atoms with E-state index in [1.54, 1.807) is 62.3 Å². The summed E-state index contributed by atoms with van der Waals surface area (Å²) in [6.45, 7) is 9.75. The lowest BCUT2D eigenvalue weighted by atomic mass is 9.93. The molecular weight excluding hydrogens is 1390 g/mol. The van der Waals surface area contributed by atoms with Crippen LogP contribution in [0.15, 0.2) is 42.5 Å². The second-order valence-corrected chi connectivity index (χ2v) is 32.8. The van der Waals surface area contributed by atoms with Gasteiger partial charge in [0, 0.05) is 53.3 Å². The summed E-state index contributed by atoms with van der Waals surface area (Å²) < 4.78 is 240. The van der Waals surface area contributed by atoms with Gasteiger partial charge in [-0.3, -0.25) is 42.2 Å². The van der Waals surface area contributed by atoms with Gasteiger partial charge in [0.2, 0.25) is 18.6 Å². The van der Waals surface area contributed by atoms with Crippen molar-refractivity contribution in [3.05, 3.63) is 98.7 Å². The molecule has 1 unspecified atom stereocenters. The second kappa shape index (κ2) is 27.1. The first kappa shape index (κ1) is 76.0. The third-order valence-corrected chi connectivity index (χ3v) is 20.3. The van der Waals surface area contributed by atoms with E-state index in [0.717, 1.165) is 41.5 Å². The zero-order valence-corrected chi connectivity index (χ0v) is 57.6. The molecule has 3 amide bonds. The fourth-order valence-electron chi connectivity index (χ4n) is 10.9. The Hall–Kier alpha value is -6.73. The van der Waals surface area contributed by atoms with Gasteiger partial charge in [-0.25, -0.2) is 44.6 Å². The maximum atomic E-state index is 15.8. The molecule has 8 rings (SSSR count). The average Bonchev–Trinajstić information content (AvgIpc) is 1.52. The molecule has 0 spiro atoms. The summed E-state index contributed by atoms with van der Waals surface area (Å²) in [6.07, 6.45) is -12.2. The fraction of sp³-hybridized carbons (Fsp3) is 0.557. The van der Waals surface area contributed by atoms with E-state index in [9.17, 15) is 67.3 Å². The summed E-state index contributed by atoms with van der Waals surface area (Å²) in [5, 5.41) is 9.25. The first-order chi connectivity index (χ1) is 44.3.